The van der Waals surface area contributed by atoms with Crippen molar-refractivity contribution >= 4 is 29.3 Å². The van der Waals surface area contributed by atoms with Gasteiger partial charge in [0.15, 0.2) is 0 Å². The molecule has 0 aliphatic rings. The average Bonchev–Trinajstić information content (AvgIpc) is 2.75. The number of aromatic nitrogens is 2. The molecule has 0 radical (unpaired) electrons. The molecule has 162 valence electrons. The van der Waals surface area contributed by atoms with Gasteiger partial charge in [0.25, 0.3) is 0 Å². The topological polar surface area (TPSA) is 148 Å². The van der Waals surface area contributed by atoms with Crippen molar-refractivity contribution in [1.82, 2.24) is 15.3 Å². The molecule has 7 N–H and O–H groups in total. The second-order valence-electron chi connectivity index (χ2n) is 6.93. The molecule has 0 aliphatic heterocycles. The smallest absolute Gasteiger partial charge is 0.248 e. The van der Waals surface area contributed by atoms with Crippen LogP contribution in [-0.2, 0) is 11.2 Å². The number of aryl methyl sites for hydroxylation is 1. The van der Waals surface area contributed by atoms with E-state index >= 15 is 0 Å². The fourth-order valence-electron chi connectivity index (χ4n) is 2.81. The van der Waals surface area contributed by atoms with Crippen molar-refractivity contribution in [2.75, 3.05) is 30.3 Å². The maximum absolute atomic E-state index is 11.2. The summed E-state index contributed by atoms with van der Waals surface area (Å²) in [6.07, 6.45) is 6.55. The lowest BCUT2D eigenvalue weighted by Crippen LogP contribution is -2.30. The van der Waals surface area contributed by atoms with E-state index in [0.29, 0.717) is 18.1 Å². The Morgan fingerprint density at radius 2 is 1.83 bits per heavy atom. The average molecular weight is 414 g/mol. The van der Waals surface area contributed by atoms with Crippen LogP contribution >= 0.6 is 0 Å². The quantitative estimate of drug-likeness (QED) is 0.315. The molecule has 0 fully saturated rings. The molecule has 30 heavy (non-hydrogen) atoms. The van der Waals surface area contributed by atoms with Crippen LogP contribution in [0.15, 0.2) is 30.5 Å². The van der Waals surface area contributed by atoms with Crippen molar-refractivity contribution in [2.24, 2.45) is 11.5 Å². The zero-order valence-electron chi connectivity index (χ0n) is 17.4. The van der Waals surface area contributed by atoms with Gasteiger partial charge < -0.3 is 27.4 Å². The van der Waals surface area contributed by atoms with Crippen molar-refractivity contribution in [3.63, 3.8) is 0 Å². The van der Waals surface area contributed by atoms with Gasteiger partial charge in [-0.1, -0.05) is 13.3 Å². The minimum Gasteiger partial charge on any atom is -0.370 e. The first-order valence-corrected chi connectivity index (χ1v) is 10.3. The highest BCUT2D eigenvalue weighted by atomic mass is 16.2. The Bertz CT molecular complexity index is 825. The van der Waals surface area contributed by atoms with E-state index in [9.17, 15) is 9.59 Å². The number of hydrogen-bond donors (Lipinski definition) is 5. The van der Waals surface area contributed by atoms with Gasteiger partial charge in [0.2, 0.25) is 17.8 Å². The summed E-state index contributed by atoms with van der Waals surface area (Å²) in [6.45, 7) is 3.59. The van der Waals surface area contributed by atoms with Crippen LogP contribution in [-0.4, -0.2) is 41.4 Å². The molecule has 0 saturated carbocycles. The van der Waals surface area contributed by atoms with Gasteiger partial charge in [-0.3, -0.25) is 9.59 Å². The number of unbranched alkanes of at least 4 members (excludes halogenated alkanes) is 2. The zero-order chi connectivity index (χ0) is 21.8. The number of carbonyl (C=O) groups excluding carboxylic acids is 2. The molecule has 9 heteroatoms. The summed E-state index contributed by atoms with van der Waals surface area (Å²) in [5.74, 6) is 0.713. The van der Waals surface area contributed by atoms with Gasteiger partial charge in [-0.2, -0.15) is 4.98 Å². The number of hydrogen-bond acceptors (Lipinski definition) is 7. The molecule has 0 saturated heterocycles. The molecule has 0 aliphatic carbocycles. The monoisotopic (exact) mass is 413 g/mol. The normalized spacial score (nSPS) is 10.5. The number of nitrogens with one attached hydrogen (secondary N) is 3. The van der Waals surface area contributed by atoms with Gasteiger partial charge in [0.05, 0.1) is 6.54 Å². The Hall–Kier alpha value is -3.20. The summed E-state index contributed by atoms with van der Waals surface area (Å²) in [5.41, 5.74) is 12.8. The van der Waals surface area contributed by atoms with Gasteiger partial charge >= 0.3 is 0 Å². The summed E-state index contributed by atoms with van der Waals surface area (Å²) in [7, 11) is 0. The predicted octanol–water partition coefficient (Wildman–Crippen LogP) is 1.93. The third-order valence-electron chi connectivity index (χ3n) is 4.46. The highest BCUT2D eigenvalue weighted by Gasteiger charge is 2.08. The van der Waals surface area contributed by atoms with Gasteiger partial charge in [0.1, 0.15) is 5.82 Å². The number of carbonyl (C=O) groups is 2. The number of nitrogens with zero attached hydrogens (tertiary/aromatic N) is 2. The molecule has 0 atom stereocenters. The number of benzene rings is 1. The Morgan fingerprint density at radius 3 is 2.50 bits per heavy atom. The van der Waals surface area contributed by atoms with Gasteiger partial charge in [-0.05, 0) is 49.9 Å². The summed E-state index contributed by atoms with van der Waals surface area (Å²) < 4.78 is 0. The molecule has 1 aromatic heterocycles. The number of amides is 2. The van der Waals surface area contributed by atoms with Crippen molar-refractivity contribution in [1.29, 1.82) is 0 Å². The van der Waals surface area contributed by atoms with Crippen LogP contribution in [0.2, 0.25) is 0 Å². The first-order valence-electron chi connectivity index (χ1n) is 10.3. The van der Waals surface area contributed by atoms with Gasteiger partial charge in [-0.25, -0.2) is 4.98 Å². The maximum Gasteiger partial charge on any atom is 0.248 e. The van der Waals surface area contributed by atoms with E-state index in [4.69, 9.17) is 11.5 Å². The van der Waals surface area contributed by atoms with E-state index < -0.39 is 5.91 Å². The minimum absolute atomic E-state index is 0.0273. The van der Waals surface area contributed by atoms with E-state index in [2.05, 4.69) is 32.8 Å². The minimum atomic E-state index is -0.463. The Labute approximate surface area is 177 Å². The van der Waals surface area contributed by atoms with Crippen LogP contribution in [0, 0.1) is 0 Å². The highest BCUT2D eigenvalue weighted by molar-refractivity contribution is 5.93. The molecule has 0 unspecified atom stereocenters. The van der Waals surface area contributed by atoms with E-state index in [1.54, 1.807) is 24.3 Å². The van der Waals surface area contributed by atoms with Crippen LogP contribution in [0.5, 0.6) is 0 Å². The van der Waals surface area contributed by atoms with Crippen LogP contribution in [0.3, 0.4) is 0 Å². The fraction of sp³-hybridized carbons (Fsp3) is 0.429. The van der Waals surface area contributed by atoms with E-state index in [-0.39, 0.29) is 12.5 Å². The Kier molecular flexibility index (Phi) is 9.53. The molecule has 2 amide bonds. The van der Waals surface area contributed by atoms with Crippen molar-refractivity contribution in [3.8, 4) is 0 Å². The predicted molar refractivity (Wildman–Crippen MR) is 119 cm³/mol. The van der Waals surface area contributed by atoms with Crippen LogP contribution in [0.1, 0.15) is 48.5 Å². The number of anilines is 3. The first-order chi connectivity index (χ1) is 14.5. The summed E-state index contributed by atoms with van der Waals surface area (Å²) in [6, 6.07) is 6.84. The van der Waals surface area contributed by atoms with Gasteiger partial charge in [0, 0.05) is 36.1 Å². The lowest BCUT2D eigenvalue weighted by atomic mass is 10.1. The molecule has 1 aromatic carbocycles. The molecule has 2 aromatic rings. The fourth-order valence-corrected chi connectivity index (χ4v) is 2.81. The highest BCUT2D eigenvalue weighted by Crippen LogP contribution is 2.20. The Morgan fingerprint density at radius 1 is 1.07 bits per heavy atom. The van der Waals surface area contributed by atoms with Crippen molar-refractivity contribution < 1.29 is 9.59 Å². The van der Waals surface area contributed by atoms with Crippen molar-refractivity contribution in [2.45, 2.75) is 39.0 Å². The first kappa shape index (κ1) is 23.1. The van der Waals surface area contributed by atoms with Crippen LogP contribution in [0.4, 0.5) is 17.5 Å². The maximum atomic E-state index is 11.2. The second-order valence-corrected chi connectivity index (χ2v) is 6.93. The van der Waals surface area contributed by atoms with Gasteiger partial charge in [-0.15, -0.1) is 0 Å². The molecule has 0 bridgehead atoms. The molecular weight excluding hydrogens is 382 g/mol. The number of nitrogens with two attached hydrogens (primary N) is 2. The van der Waals surface area contributed by atoms with E-state index in [1.807, 2.05) is 6.20 Å². The second kappa shape index (κ2) is 12.4. The lowest BCUT2D eigenvalue weighted by Gasteiger charge is -2.13. The number of primary amides is 1. The molecule has 0 spiro atoms. The standard InChI is InChI=1S/C21H31N7O2/c1-2-11-25-20-16(6-4-3-5-12-24-18(29)13-22)14-26-21(28-20)27-17-9-7-15(8-10-17)19(23)30/h7-10,14H,2-6,11-13,22H2,1H3,(H2,23,30)(H,24,29)(H2,25,26,27,28). The summed E-state index contributed by atoms with van der Waals surface area (Å²) in [4.78, 5) is 31.4. The van der Waals surface area contributed by atoms with Crippen LogP contribution in [0.25, 0.3) is 0 Å². The Balaban J connectivity index is 1.94. The summed E-state index contributed by atoms with van der Waals surface area (Å²) in [5, 5.41) is 9.29. The summed E-state index contributed by atoms with van der Waals surface area (Å²) >= 11 is 0. The lowest BCUT2D eigenvalue weighted by molar-refractivity contribution is -0.119. The molecule has 1 heterocycles. The number of rotatable bonds is 13. The van der Waals surface area contributed by atoms with Crippen molar-refractivity contribution in [3.05, 3.63) is 41.6 Å². The zero-order valence-corrected chi connectivity index (χ0v) is 17.4. The molecule has 9 nitrogen and oxygen atoms in total. The SMILES string of the molecule is CCCNc1nc(Nc2ccc(C(N)=O)cc2)ncc1CCCCCNC(=O)CN. The molecular formula is C21H31N7O2. The largest absolute Gasteiger partial charge is 0.370 e. The molecule has 2 rings (SSSR count). The van der Waals surface area contributed by atoms with Crippen LogP contribution < -0.4 is 27.4 Å². The third kappa shape index (κ3) is 7.67. The third-order valence-corrected chi connectivity index (χ3v) is 4.46. The van der Waals surface area contributed by atoms with E-state index in [1.165, 1.54) is 0 Å². The van der Waals surface area contributed by atoms with E-state index in [0.717, 1.165) is 55.7 Å².